The minimum atomic E-state index is -0.832. The van der Waals surface area contributed by atoms with Crippen LogP contribution in [-0.2, 0) is 11.2 Å². The van der Waals surface area contributed by atoms with Gasteiger partial charge in [0.05, 0.1) is 13.0 Å². The number of carbonyl (C=O) groups is 1. The van der Waals surface area contributed by atoms with Gasteiger partial charge in [0.15, 0.2) is 0 Å². The minimum Gasteiger partial charge on any atom is -0.496 e. The number of methoxy groups -OCH3 is 1. The second-order valence-corrected chi connectivity index (χ2v) is 4.19. The lowest BCUT2D eigenvalue weighted by atomic mass is 9.98. The first kappa shape index (κ1) is 13.8. The first-order valence-corrected chi connectivity index (χ1v) is 5.66. The summed E-state index contributed by atoms with van der Waals surface area (Å²) in [6.45, 7) is 0.408. The molecular formula is C12H16ClNO3. The first-order chi connectivity index (χ1) is 8.08. The zero-order valence-corrected chi connectivity index (χ0v) is 10.6. The molecular weight excluding hydrogens is 242 g/mol. The molecule has 1 rings (SSSR count). The molecule has 0 spiro atoms. The van der Waals surface area contributed by atoms with Gasteiger partial charge in [0.1, 0.15) is 5.75 Å². The summed E-state index contributed by atoms with van der Waals surface area (Å²) in [5, 5.41) is 12.5. The predicted molar refractivity (Wildman–Crippen MR) is 66.8 cm³/mol. The molecule has 4 nitrogen and oxygen atoms in total. The normalized spacial score (nSPS) is 12.2. The van der Waals surface area contributed by atoms with Crippen LogP contribution in [0.4, 0.5) is 0 Å². The number of aliphatic carboxylic acids is 1. The van der Waals surface area contributed by atoms with Crippen molar-refractivity contribution < 1.29 is 14.6 Å². The number of hydrogen-bond acceptors (Lipinski definition) is 3. The fourth-order valence-corrected chi connectivity index (χ4v) is 1.86. The molecule has 0 fully saturated rings. The van der Waals surface area contributed by atoms with Crippen molar-refractivity contribution in [3.05, 3.63) is 28.8 Å². The Labute approximate surface area is 106 Å². The van der Waals surface area contributed by atoms with Crippen LogP contribution >= 0.6 is 11.6 Å². The van der Waals surface area contributed by atoms with Gasteiger partial charge in [0.2, 0.25) is 0 Å². The van der Waals surface area contributed by atoms with Crippen LogP contribution in [0.15, 0.2) is 18.2 Å². The lowest BCUT2D eigenvalue weighted by Crippen LogP contribution is -2.27. The molecule has 0 aliphatic carbocycles. The highest BCUT2D eigenvalue weighted by Gasteiger charge is 2.19. The van der Waals surface area contributed by atoms with Crippen LogP contribution in [-0.4, -0.2) is 31.8 Å². The van der Waals surface area contributed by atoms with Crippen molar-refractivity contribution in [3.8, 4) is 5.75 Å². The summed E-state index contributed by atoms with van der Waals surface area (Å²) < 4.78 is 5.19. The minimum absolute atomic E-state index is 0.389. The Balaban J connectivity index is 2.91. The quantitative estimate of drug-likeness (QED) is 0.816. The standard InChI is InChI=1S/C12H16ClNO3/c1-14-7-9(12(15)16)5-8-6-10(13)3-4-11(8)17-2/h3-4,6,9,14H,5,7H2,1-2H3,(H,15,16)/t9-/m1/s1. The number of halogens is 1. The maximum atomic E-state index is 11.1. The first-order valence-electron chi connectivity index (χ1n) is 5.28. The van der Waals surface area contributed by atoms with E-state index >= 15 is 0 Å². The van der Waals surface area contributed by atoms with Gasteiger partial charge in [-0.15, -0.1) is 0 Å². The Morgan fingerprint density at radius 3 is 2.82 bits per heavy atom. The number of carboxylic acids is 1. The lowest BCUT2D eigenvalue weighted by Gasteiger charge is -2.14. The fourth-order valence-electron chi connectivity index (χ4n) is 1.67. The summed E-state index contributed by atoms with van der Waals surface area (Å²) >= 11 is 5.90. The van der Waals surface area contributed by atoms with Crippen LogP contribution in [0.25, 0.3) is 0 Å². The number of nitrogens with one attached hydrogen (secondary N) is 1. The summed E-state index contributed by atoms with van der Waals surface area (Å²) in [5.74, 6) is -0.662. The van der Waals surface area contributed by atoms with Crippen molar-refractivity contribution >= 4 is 17.6 Å². The van der Waals surface area contributed by atoms with Crippen LogP contribution in [0.2, 0.25) is 5.02 Å². The van der Waals surface area contributed by atoms with Gasteiger partial charge in [-0.3, -0.25) is 4.79 Å². The molecule has 0 saturated heterocycles. The summed E-state index contributed by atoms with van der Waals surface area (Å²) in [6, 6.07) is 5.21. The largest absolute Gasteiger partial charge is 0.496 e. The van der Waals surface area contributed by atoms with E-state index in [2.05, 4.69) is 5.32 Å². The molecule has 0 aliphatic rings. The molecule has 1 aromatic carbocycles. The highest BCUT2D eigenvalue weighted by atomic mass is 35.5. The van der Waals surface area contributed by atoms with E-state index in [0.717, 1.165) is 5.56 Å². The topological polar surface area (TPSA) is 58.6 Å². The molecule has 0 saturated carbocycles. The molecule has 5 heteroatoms. The van der Waals surface area contributed by atoms with Crippen molar-refractivity contribution in [2.24, 2.45) is 5.92 Å². The average Bonchev–Trinajstić information content (AvgIpc) is 2.28. The Morgan fingerprint density at radius 1 is 1.59 bits per heavy atom. The fraction of sp³-hybridized carbons (Fsp3) is 0.417. The van der Waals surface area contributed by atoms with Crippen LogP contribution in [0.1, 0.15) is 5.56 Å². The maximum absolute atomic E-state index is 11.1. The van der Waals surface area contributed by atoms with E-state index in [-0.39, 0.29) is 0 Å². The molecule has 2 N–H and O–H groups in total. The number of carboxylic acid groups (broad SMARTS) is 1. The predicted octanol–water partition coefficient (Wildman–Crippen LogP) is 1.81. The van der Waals surface area contributed by atoms with E-state index in [0.29, 0.717) is 23.7 Å². The van der Waals surface area contributed by atoms with Crippen LogP contribution < -0.4 is 10.1 Å². The smallest absolute Gasteiger partial charge is 0.308 e. The number of hydrogen-bond donors (Lipinski definition) is 2. The average molecular weight is 258 g/mol. The molecule has 0 unspecified atom stereocenters. The Kier molecular flexibility index (Phi) is 5.25. The Hall–Kier alpha value is -1.26. The molecule has 0 heterocycles. The Morgan fingerprint density at radius 2 is 2.29 bits per heavy atom. The molecule has 94 valence electrons. The van der Waals surface area contributed by atoms with E-state index in [9.17, 15) is 4.79 Å². The van der Waals surface area contributed by atoms with E-state index in [4.69, 9.17) is 21.4 Å². The highest BCUT2D eigenvalue weighted by molar-refractivity contribution is 6.30. The second-order valence-electron chi connectivity index (χ2n) is 3.75. The SMILES string of the molecule is CNC[C@@H](Cc1cc(Cl)ccc1OC)C(=O)O. The van der Waals surface area contributed by atoms with Gasteiger partial charge in [-0.05, 0) is 37.2 Å². The van der Waals surface area contributed by atoms with Crippen molar-refractivity contribution in [1.29, 1.82) is 0 Å². The van der Waals surface area contributed by atoms with Crippen molar-refractivity contribution in [1.82, 2.24) is 5.32 Å². The van der Waals surface area contributed by atoms with Gasteiger partial charge in [0, 0.05) is 11.6 Å². The van der Waals surface area contributed by atoms with Crippen molar-refractivity contribution in [2.75, 3.05) is 20.7 Å². The second kappa shape index (κ2) is 6.47. The summed E-state index contributed by atoms with van der Waals surface area (Å²) in [4.78, 5) is 11.1. The van der Waals surface area contributed by atoms with Gasteiger partial charge in [-0.2, -0.15) is 0 Å². The molecule has 0 bridgehead atoms. The molecule has 0 amide bonds. The van der Waals surface area contributed by atoms with E-state index in [1.54, 1.807) is 32.4 Å². The lowest BCUT2D eigenvalue weighted by molar-refractivity contribution is -0.141. The molecule has 17 heavy (non-hydrogen) atoms. The van der Waals surface area contributed by atoms with Gasteiger partial charge in [-0.25, -0.2) is 0 Å². The van der Waals surface area contributed by atoms with Crippen molar-refractivity contribution in [2.45, 2.75) is 6.42 Å². The number of ether oxygens (including phenoxy) is 1. The van der Waals surface area contributed by atoms with Gasteiger partial charge >= 0.3 is 5.97 Å². The third-order valence-corrected chi connectivity index (χ3v) is 2.74. The zero-order chi connectivity index (χ0) is 12.8. The molecule has 0 aromatic heterocycles. The monoisotopic (exact) mass is 257 g/mol. The van der Waals surface area contributed by atoms with Crippen LogP contribution in [0, 0.1) is 5.92 Å². The Bertz CT molecular complexity index is 395. The van der Waals surface area contributed by atoms with Gasteiger partial charge in [-0.1, -0.05) is 11.6 Å². The molecule has 1 atom stereocenters. The van der Waals surface area contributed by atoms with Crippen molar-refractivity contribution in [3.63, 3.8) is 0 Å². The number of benzene rings is 1. The zero-order valence-electron chi connectivity index (χ0n) is 9.87. The van der Waals surface area contributed by atoms with Crippen LogP contribution in [0.3, 0.4) is 0 Å². The molecule has 1 aromatic rings. The molecule has 0 radical (unpaired) electrons. The van der Waals surface area contributed by atoms with Crippen LogP contribution in [0.5, 0.6) is 5.75 Å². The third kappa shape index (κ3) is 3.91. The number of rotatable bonds is 6. The van der Waals surface area contributed by atoms with E-state index < -0.39 is 11.9 Å². The third-order valence-electron chi connectivity index (χ3n) is 2.51. The summed E-state index contributed by atoms with van der Waals surface area (Å²) in [5.41, 5.74) is 0.808. The summed E-state index contributed by atoms with van der Waals surface area (Å²) in [7, 11) is 3.28. The summed E-state index contributed by atoms with van der Waals surface area (Å²) in [6.07, 6.45) is 0.389. The maximum Gasteiger partial charge on any atom is 0.308 e. The van der Waals surface area contributed by atoms with Gasteiger partial charge in [0.25, 0.3) is 0 Å². The van der Waals surface area contributed by atoms with Gasteiger partial charge < -0.3 is 15.2 Å². The van der Waals surface area contributed by atoms with E-state index in [1.807, 2.05) is 0 Å². The van der Waals surface area contributed by atoms with E-state index in [1.165, 1.54) is 0 Å². The molecule has 0 aliphatic heterocycles. The highest BCUT2D eigenvalue weighted by Crippen LogP contribution is 2.25.